The van der Waals surface area contributed by atoms with Crippen molar-refractivity contribution in [3.63, 3.8) is 0 Å². The second-order valence-corrected chi connectivity index (χ2v) is 4.55. The van der Waals surface area contributed by atoms with Crippen molar-refractivity contribution in [1.82, 2.24) is 10.6 Å². The molecule has 0 aromatic rings. The molecule has 106 valence electrons. The molecule has 2 unspecified atom stereocenters. The molecule has 2 atom stereocenters. The zero-order valence-corrected chi connectivity index (χ0v) is 11.5. The fourth-order valence-electron chi connectivity index (χ4n) is 1.66. The van der Waals surface area contributed by atoms with Gasteiger partial charge in [0.2, 0.25) is 5.91 Å². The van der Waals surface area contributed by atoms with Gasteiger partial charge in [-0.25, -0.2) is 4.79 Å². The molecule has 0 saturated heterocycles. The molecule has 0 fully saturated rings. The minimum atomic E-state index is -0.701. The number of nitrogens with one attached hydrogen (secondary N) is 2. The lowest BCUT2D eigenvalue weighted by Gasteiger charge is -2.24. The van der Waals surface area contributed by atoms with E-state index in [1.54, 1.807) is 0 Å². The highest BCUT2D eigenvalue weighted by Crippen LogP contribution is 2.05. The molecule has 0 rings (SSSR count). The van der Waals surface area contributed by atoms with Gasteiger partial charge in [0.25, 0.3) is 0 Å². The first-order valence-electron chi connectivity index (χ1n) is 6.11. The van der Waals surface area contributed by atoms with Crippen LogP contribution in [0.5, 0.6) is 0 Å². The first-order valence-corrected chi connectivity index (χ1v) is 6.11. The van der Waals surface area contributed by atoms with E-state index < -0.39 is 12.0 Å². The number of aliphatic hydroxyl groups is 1. The zero-order valence-electron chi connectivity index (χ0n) is 11.5. The molecule has 6 heteroatoms. The molecule has 0 radical (unpaired) electrons. The van der Waals surface area contributed by atoms with Gasteiger partial charge in [0.1, 0.15) is 6.04 Å². The van der Waals surface area contributed by atoms with Crippen molar-refractivity contribution in [3.8, 4) is 0 Å². The fourth-order valence-corrected chi connectivity index (χ4v) is 1.66. The molecule has 0 bridgehead atoms. The van der Waals surface area contributed by atoms with Crippen LogP contribution < -0.4 is 10.6 Å². The average Bonchev–Trinajstić information content (AvgIpc) is 2.30. The summed E-state index contributed by atoms with van der Waals surface area (Å²) >= 11 is 0. The molecule has 0 aromatic heterocycles. The van der Waals surface area contributed by atoms with Crippen LogP contribution >= 0.6 is 0 Å². The van der Waals surface area contributed by atoms with Crippen LogP contribution in [0, 0.1) is 5.92 Å². The van der Waals surface area contributed by atoms with Gasteiger partial charge in [0, 0.05) is 26.1 Å². The molecule has 3 N–H and O–H groups in total. The maximum atomic E-state index is 11.5. The summed E-state index contributed by atoms with van der Waals surface area (Å²) in [6.45, 7) is 5.77. The Morgan fingerprint density at radius 3 is 2.33 bits per heavy atom. The zero-order chi connectivity index (χ0) is 14.1. The van der Waals surface area contributed by atoms with Crippen LogP contribution in [0.2, 0.25) is 0 Å². The van der Waals surface area contributed by atoms with Crippen molar-refractivity contribution in [2.24, 2.45) is 5.92 Å². The number of amides is 1. The molecule has 1 amide bonds. The van der Waals surface area contributed by atoms with E-state index >= 15 is 0 Å². The normalized spacial score (nSPS) is 14.1. The van der Waals surface area contributed by atoms with Crippen molar-refractivity contribution in [2.45, 2.75) is 39.3 Å². The third kappa shape index (κ3) is 6.56. The molecule has 0 spiro atoms. The molecule has 6 nitrogen and oxygen atoms in total. The highest BCUT2D eigenvalue weighted by Gasteiger charge is 2.22. The van der Waals surface area contributed by atoms with E-state index in [-0.39, 0.29) is 25.1 Å². The Kier molecular flexibility index (Phi) is 8.32. The largest absolute Gasteiger partial charge is 0.467 e. The van der Waals surface area contributed by atoms with Crippen LogP contribution in [0.4, 0.5) is 0 Å². The van der Waals surface area contributed by atoms with Crippen molar-refractivity contribution in [1.29, 1.82) is 0 Å². The Hall–Kier alpha value is -1.14. The minimum absolute atomic E-state index is 0.0822. The van der Waals surface area contributed by atoms with Crippen LogP contribution in [-0.4, -0.2) is 49.3 Å². The Morgan fingerprint density at radius 1 is 1.33 bits per heavy atom. The molecule has 0 aliphatic heterocycles. The van der Waals surface area contributed by atoms with E-state index in [2.05, 4.69) is 15.4 Å². The molecule has 0 aliphatic rings. The second kappa shape index (κ2) is 8.88. The van der Waals surface area contributed by atoms with Crippen molar-refractivity contribution < 1.29 is 19.4 Å². The lowest BCUT2D eigenvalue weighted by atomic mass is 10.0. The van der Waals surface area contributed by atoms with Gasteiger partial charge in [0.15, 0.2) is 0 Å². The van der Waals surface area contributed by atoms with Crippen molar-refractivity contribution >= 4 is 11.9 Å². The lowest BCUT2D eigenvalue weighted by molar-refractivity contribution is -0.144. The van der Waals surface area contributed by atoms with Crippen LogP contribution in [0.1, 0.15) is 27.2 Å². The number of rotatable bonds is 8. The molecule has 0 aromatic carbocycles. The van der Waals surface area contributed by atoms with E-state index in [0.29, 0.717) is 12.3 Å². The number of carbonyl (C=O) groups is 2. The number of hydrogen-bond acceptors (Lipinski definition) is 5. The lowest BCUT2D eigenvalue weighted by Crippen LogP contribution is -2.50. The van der Waals surface area contributed by atoms with Crippen LogP contribution in [0.15, 0.2) is 0 Å². The summed E-state index contributed by atoms with van der Waals surface area (Å²) < 4.78 is 4.62. The Labute approximate surface area is 108 Å². The van der Waals surface area contributed by atoms with Gasteiger partial charge in [-0.05, 0) is 12.3 Å². The minimum Gasteiger partial charge on any atom is -0.467 e. The van der Waals surface area contributed by atoms with Gasteiger partial charge in [-0.3, -0.25) is 4.79 Å². The third-order valence-corrected chi connectivity index (χ3v) is 2.69. The Morgan fingerprint density at radius 2 is 1.94 bits per heavy atom. The van der Waals surface area contributed by atoms with Gasteiger partial charge >= 0.3 is 5.97 Å². The number of aliphatic hydroxyl groups excluding tert-OH is 1. The maximum absolute atomic E-state index is 11.5. The number of esters is 1. The number of methoxy groups -OCH3 is 1. The Balaban J connectivity index is 4.38. The molecule has 0 heterocycles. The summed E-state index contributed by atoms with van der Waals surface area (Å²) in [6.07, 6.45) is 0.603. The van der Waals surface area contributed by atoms with E-state index in [1.807, 2.05) is 13.8 Å². The SMILES string of the molecule is COC(=O)C(CNC(CCO)C(C)C)NC(C)=O. The monoisotopic (exact) mass is 260 g/mol. The summed E-state index contributed by atoms with van der Waals surface area (Å²) in [5.41, 5.74) is 0. The molecular weight excluding hydrogens is 236 g/mol. The summed E-state index contributed by atoms with van der Waals surface area (Å²) in [5, 5.41) is 14.6. The van der Waals surface area contributed by atoms with Gasteiger partial charge < -0.3 is 20.5 Å². The summed E-state index contributed by atoms with van der Waals surface area (Å²) in [4.78, 5) is 22.5. The first-order chi connectivity index (χ1) is 8.42. The van der Waals surface area contributed by atoms with Crippen LogP contribution in [-0.2, 0) is 14.3 Å². The highest BCUT2D eigenvalue weighted by atomic mass is 16.5. The third-order valence-electron chi connectivity index (χ3n) is 2.69. The van der Waals surface area contributed by atoms with Gasteiger partial charge in [-0.2, -0.15) is 0 Å². The first kappa shape index (κ1) is 16.9. The second-order valence-electron chi connectivity index (χ2n) is 4.55. The van der Waals surface area contributed by atoms with Gasteiger partial charge in [-0.15, -0.1) is 0 Å². The Bertz CT molecular complexity index is 269. The van der Waals surface area contributed by atoms with Gasteiger partial charge in [0.05, 0.1) is 7.11 Å². The number of carbonyl (C=O) groups excluding carboxylic acids is 2. The number of ether oxygens (including phenoxy) is 1. The predicted molar refractivity (Wildman–Crippen MR) is 68.0 cm³/mol. The van der Waals surface area contributed by atoms with Crippen LogP contribution in [0.3, 0.4) is 0 Å². The molecular formula is C12H24N2O4. The average molecular weight is 260 g/mol. The van der Waals surface area contributed by atoms with Crippen molar-refractivity contribution in [3.05, 3.63) is 0 Å². The van der Waals surface area contributed by atoms with E-state index in [4.69, 9.17) is 5.11 Å². The van der Waals surface area contributed by atoms with E-state index in [1.165, 1.54) is 14.0 Å². The smallest absolute Gasteiger partial charge is 0.329 e. The molecule has 0 aliphatic carbocycles. The van der Waals surface area contributed by atoms with E-state index in [0.717, 1.165) is 0 Å². The highest BCUT2D eigenvalue weighted by molar-refractivity contribution is 5.83. The summed E-state index contributed by atoms with van der Waals surface area (Å²) in [7, 11) is 1.28. The topological polar surface area (TPSA) is 87.7 Å². The standard InChI is InChI=1S/C12H24N2O4/c1-8(2)10(5-6-15)13-7-11(12(17)18-4)14-9(3)16/h8,10-11,13,15H,5-7H2,1-4H3,(H,14,16). The quantitative estimate of drug-likeness (QED) is 0.520. The maximum Gasteiger partial charge on any atom is 0.329 e. The molecule has 18 heavy (non-hydrogen) atoms. The van der Waals surface area contributed by atoms with Crippen LogP contribution in [0.25, 0.3) is 0 Å². The van der Waals surface area contributed by atoms with Gasteiger partial charge in [-0.1, -0.05) is 13.8 Å². The van der Waals surface area contributed by atoms with E-state index in [9.17, 15) is 9.59 Å². The molecule has 0 saturated carbocycles. The predicted octanol–water partition coefficient (Wildman–Crippen LogP) is -0.339. The van der Waals surface area contributed by atoms with Crippen molar-refractivity contribution in [2.75, 3.05) is 20.3 Å². The summed E-state index contributed by atoms with van der Waals surface area (Å²) in [6, 6.07) is -0.608. The number of hydrogen-bond donors (Lipinski definition) is 3. The summed E-state index contributed by atoms with van der Waals surface area (Å²) in [5.74, 6) is -0.438. The fraction of sp³-hybridized carbons (Fsp3) is 0.833.